The summed E-state index contributed by atoms with van der Waals surface area (Å²) in [7, 11) is 0. The van der Waals surface area contributed by atoms with E-state index in [1.165, 1.54) is 11.1 Å². The minimum atomic E-state index is 0.00147. The van der Waals surface area contributed by atoms with Crippen molar-refractivity contribution in [3.05, 3.63) is 71.4 Å². The Hall–Kier alpha value is -2.33. The van der Waals surface area contributed by atoms with Crippen molar-refractivity contribution in [1.29, 1.82) is 0 Å². The minimum Gasteiger partial charge on any atom is -0.349 e. The van der Waals surface area contributed by atoms with Crippen LogP contribution in [-0.4, -0.2) is 16.6 Å². The number of hydrogen-bond donors (Lipinski definition) is 1. The van der Waals surface area contributed by atoms with Gasteiger partial charge in [0.2, 0.25) is 5.91 Å². The van der Waals surface area contributed by atoms with Gasteiger partial charge in [-0.1, -0.05) is 36.4 Å². The van der Waals surface area contributed by atoms with Gasteiger partial charge in [0.25, 0.3) is 0 Å². The lowest BCUT2D eigenvalue weighted by Gasteiger charge is -2.16. The number of thioether (sulfide) groups is 1. The first-order valence-electron chi connectivity index (χ1n) is 8.37. The zero-order valence-electron chi connectivity index (χ0n) is 14.7. The monoisotopic (exact) mass is 350 g/mol. The molecule has 0 aliphatic heterocycles. The number of benzene rings is 2. The molecule has 1 amide bonds. The molecule has 3 rings (SSSR count). The highest BCUT2D eigenvalue weighted by Gasteiger charge is 2.11. The van der Waals surface area contributed by atoms with Crippen molar-refractivity contribution in [2.45, 2.75) is 31.7 Å². The molecule has 0 aliphatic carbocycles. The Kier molecular flexibility index (Phi) is 5.39. The number of carbonyl (C=O) groups excluding carboxylic acids is 1. The van der Waals surface area contributed by atoms with Crippen molar-refractivity contribution in [3.63, 3.8) is 0 Å². The summed E-state index contributed by atoms with van der Waals surface area (Å²) >= 11 is 1.55. The van der Waals surface area contributed by atoms with Crippen molar-refractivity contribution in [2.24, 2.45) is 0 Å². The number of nitrogens with zero attached hydrogens (tertiary/aromatic N) is 1. The van der Waals surface area contributed by atoms with Crippen molar-refractivity contribution in [1.82, 2.24) is 10.3 Å². The summed E-state index contributed by atoms with van der Waals surface area (Å²) in [6, 6.07) is 16.3. The fourth-order valence-electron chi connectivity index (χ4n) is 2.74. The van der Waals surface area contributed by atoms with Gasteiger partial charge in [0, 0.05) is 16.5 Å². The Bertz CT molecular complexity index is 902. The van der Waals surface area contributed by atoms with E-state index in [9.17, 15) is 4.79 Å². The third-order valence-corrected chi connectivity index (χ3v) is 5.45. The van der Waals surface area contributed by atoms with Gasteiger partial charge in [-0.2, -0.15) is 0 Å². The van der Waals surface area contributed by atoms with E-state index in [-0.39, 0.29) is 11.9 Å². The molecule has 4 heteroatoms. The van der Waals surface area contributed by atoms with Crippen LogP contribution in [-0.2, 0) is 4.79 Å². The molecule has 0 saturated carbocycles. The van der Waals surface area contributed by atoms with Gasteiger partial charge in [0.1, 0.15) is 0 Å². The lowest BCUT2D eigenvalue weighted by atomic mass is 10.0. The maximum atomic E-state index is 12.3. The normalized spacial score (nSPS) is 12.1. The topological polar surface area (TPSA) is 42.0 Å². The average Bonchev–Trinajstić information content (AvgIpc) is 2.62. The average molecular weight is 350 g/mol. The predicted octanol–water partition coefficient (Wildman–Crippen LogP) is 4.82. The maximum absolute atomic E-state index is 12.3. The van der Waals surface area contributed by atoms with Crippen LogP contribution in [0.2, 0.25) is 0 Å². The van der Waals surface area contributed by atoms with Crippen LogP contribution < -0.4 is 5.32 Å². The molecule has 0 bridgehead atoms. The smallest absolute Gasteiger partial charge is 0.230 e. The Morgan fingerprint density at radius 1 is 1.12 bits per heavy atom. The van der Waals surface area contributed by atoms with E-state index in [0.717, 1.165) is 21.4 Å². The van der Waals surface area contributed by atoms with Gasteiger partial charge in [0.05, 0.1) is 17.3 Å². The lowest BCUT2D eigenvalue weighted by Crippen LogP contribution is -2.28. The fourth-order valence-corrected chi connectivity index (χ4v) is 3.59. The first-order valence-corrected chi connectivity index (χ1v) is 9.36. The van der Waals surface area contributed by atoms with Crippen LogP contribution in [0, 0.1) is 13.8 Å². The first-order chi connectivity index (χ1) is 12.0. The summed E-state index contributed by atoms with van der Waals surface area (Å²) < 4.78 is 0. The predicted molar refractivity (Wildman–Crippen MR) is 105 cm³/mol. The second-order valence-electron chi connectivity index (χ2n) is 6.25. The Morgan fingerprint density at radius 3 is 2.72 bits per heavy atom. The van der Waals surface area contributed by atoms with Crippen LogP contribution in [0.15, 0.2) is 59.6 Å². The maximum Gasteiger partial charge on any atom is 0.230 e. The van der Waals surface area contributed by atoms with Gasteiger partial charge >= 0.3 is 0 Å². The quantitative estimate of drug-likeness (QED) is 0.671. The second kappa shape index (κ2) is 7.70. The van der Waals surface area contributed by atoms with Crippen LogP contribution in [0.25, 0.3) is 10.9 Å². The highest BCUT2D eigenvalue weighted by molar-refractivity contribution is 8.00. The molecule has 1 aromatic heterocycles. The summed E-state index contributed by atoms with van der Waals surface area (Å²) in [5.74, 6) is 0.431. The number of pyridine rings is 1. The second-order valence-corrected chi connectivity index (χ2v) is 7.26. The fraction of sp³-hybridized carbons (Fsp3) is 0.238. The number of rotatable bonds is 5. The Morgan fingerprint density at radius 2 is 1.92 bits per heavy atom. The van der Waals surface area contributed by atoms with Crippen molar-refractivity contribution >= 4 is 28.6 Å². The van der Waals surface area contributed by atoms with Crippen LogP contribution >= 0.6 is 11.8 Å². The number of carbonyl (C=O) groups is 1. The molecule has 0 radical (unpaired) electrons. The molecule has 0 spiro atoms. The molecule has 1 heterocycles. The van der Waals surface area contributed by atoms with E-state index in [1.54, 1.807) is 18.0 Å². The third-order valence-electron chi connectivity index (χ3n) is 4.38. The zero-order chi connectivity index (χ0) is 17.8. The third kappa shape index (κ3) is 4.20. The molecule has 0 fully saturated rings. The number of aromatic nitrogens is 1. The van der Waals surface area contributed by atoms with Crippen molar-refractivity contribution < 1.29 is 4.79 Å². The van der Waals surface area contributed by atoms with Gasteiger partial charge < -0.3 is 5.32 Å². The summed E-state index contributed by atoms with van der Waals surface area (Å²) in [4.78, 5) is 17.8. The highest BCUT2D eigenvalue weighted by Crippen LogP contribution is 2.26. The minimum absolute atomic E-state index is 0.00147. The molecule has 2 aromatic carbocycles. The molecular weight excluding hydrogens is 328 g/mol. The Labute approximate surface area is 152 Å². The zero-order valence-corrected chi connectivity index (χ0v) is 15.6. The molecule has 0 aliphatic rings. The van der Waals surface area contributed by atoms with Gasteiger partial charge in [-0.25, -0.2) is 0 Å². The molecule has 1 N–H and O–H groups in total. The first kappa shape index (κ1) is 17.5. The largest absolute Gasteiger partial charge is 0.349 e. The molecular formula is C21H22N2OS. The standard InChI is InChI=1S/C21H22N2OS/c1-14-8-9-17(12-15(14)2)16(3)23-21(24)13-25-20-10-11-22-19-7-5-4-6-18(19)20/h4-12,16H,13H2,1-3H3,(H,23,24). The molecule has 3 aromatic rings. The van der Waals surface area contributed by atoms with Crippen LogP contribution in [0.1, 0.15) is 29.7 Å². The van der Waals surface area contributed by atoms with E-state index in [1.807, 2.05) is 37.3 Å². The molecule has 0 saturated heterocycles. The molecule has 1 unspecified atom stereocenters. The number of amides is 1. The Balaban J connectivity index is 1.63. The molecule has 128 valence electrons. The SMILES string of the molecule is Cc1ccc(C(C)NC(=O)CSc2ccnc3ccccc23)cc1C. The molecule has 3 nitrogen and oxygen atoms in total. The van der Waals surface area contributed by atoms with Gasteiger partial charge in [-0.15, -0.1) is 11.8 Å². The van der Waals surface area contributed by atoms with Crippen LogP contribution in [0.4, 0.5) is 0 Å². The van der Waals surface area contributed by atoms with Crippen molar-refractivity contribution in [2.75, 3.05) is 5.75 Å². The number of nitrogens with one attached hydrogen (secondary N) is 1. The van der Waals surface area contributed by atoms with E-state index < -0.39 is 0 Å². The van der Waals surface area contributed by atoms with E-state index >= 15 is 0 Å². The summed E-state index contributed by atoms with van der Waals surface area (Å²) in [5.41, 5.74) is 4.60. The van der Waals surface area contributed by atoms with E-state index in [2.05, 4.69) is 42.3 Å². The van der Waals surface area contributed by atoms with E-state index in [4.69, 9.17) is 0 Å². The molecule has 25 heavy (non-hydrogen) atoms. The van der Waals surface area contributed by atoms with E-state index in [0.29, 0.717) is 5.75 Å². The van der Waals surface area contributed by atoms with Crippen LogP contribution in [0.3, 0.4) is 0 Å². The van der Waals surface area contributed by atoms with Gasteiger partial charge in [0.15, 0.2) is 0 Å². The number of hydrogen-bond acceptors (Lipinski definition) is 3. The number of fused-ring (bicyclic) bond motifs is 1. The summed E-state index contributed by atoms with van der Waals surface area (Å²) in [6.07, 6.45) is 1.79. The molecule has 1 atom stereocenters. The lowest BCUT2D eigenvalue weighted by molar-refractivity contribution is -0.119. The number of aryl methyl sites for hydroxylation is 2. The summed E-state index contributed by atoms with van der Waals surface area (Å²) in [6.45, 7) is 6.21. The van der Waals surface area contributed by atoms with Crippen LogP contribution in [0.5, 0.6) is 0 Å². The van der Waals surface area contributed by atoms with Gasteiger partial charge in [-0.3, -0.25) is 9.78 Å². The van der Waals surface area contributed by atoms with Crippen molar-refractivity contribution in [3.8, 4) is 0 Å². The highest BCUT2D eigenvalue weighted by atomic mass is 32.2. The number of para-hydroxylation sites is 1. The summed E-state index contributed by atoms with van der Waals surface area (Å²) in [5, 5.41) is 4.17. The van der Waals surface area contributed by atoms with Gasteiger partial charge in [-0.05, 0) is 49.6 Å².